The predicted molar refractivity (Wildman–Crippen MR) is 104 cm³/mol. The molecule has 3 N–H and O–H groups in total. The van der Waals surface area contributed by atoms with Crippen molar-refractivity contribution < 1.29 is 9.18 Å². The van der Waals surface area contributed by atoms with Crippen LogP contribution in [0.3, 0.4) is 0 Å². The highest BCUT2D eigenvalue weighted by Gasteiger charge is 2.23. The van der Waals surface area contributed by atoms with Crippen LogP contribution < -0.4 is 10.6 Å². The number of carbonyl (C=O) groups excluding carboxylic acids is 1. The van der Waals surface area contributed by atoms with Crippen LogP contribution >= 0.6 is 0 Å². The first-order valence-electron chi connectivity index (χ1n) is 9.31. The number of amides is 2. The van der Waals surface area contributed by atoms with Gasteiger partial charge in [0.25, 0.3) is 0 Å². The van der Waals surface area contributed by atoms with Crippen LogP contribution in [0, 0.1) is 11.7 Å². The Morgan fingerprint density at radius 1 is 1.43 bits per heavy atom. The van der Waals surface area contributed by atoms with Crippen LogP contribution in [-0.2, 0) is 0 Å². The van der Waals surface area contributed by atoms with E-state index >= 15 is 0 Å². The maximum Gasteiger partial charge on any atom is 0.317 e. The summed E-state index contributed by atoms with van der Waals surface area (Å²) in [4.78, 5) is 29.5. The Hall–Kier alpha value is -3.23. The Balaban J connectivity index is 1.50. The van der Waals surface area contributed by atoms with Gasteiger partial charge in [0.05, 0.1) is 6.20 Å². The standard InChI is InChI=1S/C19H22FN7O/c1-21-19(28)27-7-3-4-12(11-27)8-23-18-15(20)10-25-17(26-18)14-9-24-16-13(14)5-2-6-22-16/h2,5-6,9-10,12H,3-4,7-8,11H2,1H3,(H,21,28)(H,22,24)(H,23,25,26). The average Bonchev–Trinajstić information content (AvgIpc) is 3.17. The van der Waals surface area contributed by atoms with Crippen molar-refractivity contribution in [2.75, 3.05) is 32.0 Å². The number of H-pyrrole nitrogens is 1. The molecule has 2 amide bonds. The van der Waals surface area contributed by atoms with E-state index in [9.17, 15) is 9.18 Å². The van der Waals surface area contributed by atoms with E-state index < -0.39 is 5.82 Å². The number of hydrogen-bond acceptors (Lipinski definition) is 5. The Morgan fingerprint density at radius 3 is 3.18 bits per heavy atom. The summed E-state index contributed by atoms with van der Waals surface area (Å²) in [5.41, 5.74) is 1.51. The molecule has 0 aromatic carbocycles. The van der Waals surface area contributed by atoms with Crippen molar-refractivity contribution in [2.24, 2.45) is 5.92 Å². The fourth-order valence-electron chi connectivity index (χ4n) is 3.58. The number of piperidine rings is 1. The number of hydrogen-bond donors (Lipinski definition) is 3. The fourth-order valence-corrected chi connectivity index (χ4v) is 3.58. The Bertz CT molecular complexity index is 989. The summed E-state index contributed by atoms with van der Waals surface area (Å²) in [7, 11) is 1.63. The maximum atomic E-state index is 14.3. The normalized spacial score (nSPS) is 16.9. The summed E-state index contributed by atoms with van der Waals surface area (Å²) in [6.45, 7) is 1.92. The maximum absolute atomic E-state index is 14.3. The van der Waals surface area contributed by atoms with Crippen molar-refractivity contribution >= 4 is 22.9 Å². The van der Waals surface area contributed by atoms with Crippen LogP contribution in [0.1, 0.15) is 12.8 Å². The first-order chi connectivity index (χ1) is 13.7. The van der Waals surface area contributed by atoms with Crippen molar-refractivity contribution in [1.29, 1.82) is 0 Å². The lowest BCUT2D eigenvalue weighted by molar-refractivity contribution is 0.170. The predicted octanol–water partition coefficient (Wildman–Crippen LogP) is 2.62. The van der Waals surface area contributed by atoms with Gasteiger partial charge in [-0.3, -0.25) is 0 Å². The number of carbonyl (C=O) groups is 1. The lowest BCUT2D eigenvalue weighted by atomic mass is 9.98. The molecular weight excluding hydrogens is 361 g/mol. The second-order valence-corrected chi connectivity index (χ2v) is 6.88. The highest BCUT2D eigenvalue weighted by molar-refractivity contribution is 5.91. The zero-order valence-corrected chi connectivity index (χ0v) is 15.6. The quantitative estimate of drug-likeness (QED) is 0.643. The number of halogens is 1. The van der Waals surface area contributed by atoms with Crippen LogP contribution in [-0.4, -0.2) is 57.5 Å². The molecule has 3 aromatic heterocycles. The second-order valence-electron chi connectivity index (χ2n) is 6.88. The summed E-state index contributed by atoms with van der Waals surface area (Å²) < 4.78 is 14.3. The van der Waals surface area contributed by atoms with Crippen LogP contribution in [0.25, 0.3) is 22.4 Å². The summed E-state index contributed by atoms with van der Waals surface area (Å²) in [5.74, 6) is 0.334. The van der Waals surface area contributed by atoms with Crippen LogP contribution in [0.15, 0.2) is 30.7 Å². The zero-order valence-electron chi connectivity index (χ0n) is 15.6. The van der Waals surface area contributed by atoms with Gasteiger partial charge in [-0.05, 0) is 30.9 Å². The molecule has 0 aliphatic carbocycles. The lowest BCUT2D eigenvalue weighted by Crippen LogP contribution is -2.45. The molecule has 1 aliphatic rings. The molecule has 0 bridgehead atoms. The summed E-state index contributed by atoms with van der Waals surface area (Å²) in [5, 5.41) is 6.64. The van der Waals surface area contributed by atoms with Gasteiger partial charge in [-0.25, -0.2) is 24.1 Å². The first-order valence-corrected chi connectivity index (χ1v) is 9.31. The lowest BCUT2D eigenvalue weighted by Gasteiger charge is -2.32. The largest absolute Gasteiger partial charge is 0.367 e. The van der Waals surface area contributed by atoms with E-state index in [0.717, 1.165) is 36.0 Å². The summed E-state index contributed by atoms with van der Waals surface area (Å²) >= 11 is 0. The van der Waals surface area contributed by atoms with Gasteiger partial charge >= 0.3 is 6.03 Å². The highest BCUT2D eigenvalue weighted by Crippen LogP contribution is 2.26. The number of nitrogens with zero attached hydrogens (tertiary/aromatic N) is 4. The molecule has 4 heterocycles. The minimum absolute atomic E-state index is 0.0758. The van der Waals surface area contributed by atoms with Gasteiger partial charge in [-0.15, -0.1) is 0 Å². The van der Waals surface area contributed by atoms with E-state index in [1.807, 2.05) is 12.1 Å². The van der Waals surface area contributed by atoms with Crippen molar-refractivity contribution in [2.45, 2.75) is 12.8 Å². The Labute approximate surface area is 161 Å². The van der Waals surface area contributed by atoms with Gasteiger partial charge in [0.15, 0.2) is 17.5 Å². The molecule has 1 unspecified atom stereocenters. The smallest absolute Gasteiger partial charge is 0.317 e. The molecule has 0 spiro atoms. The average molecular weight is 383 g/mol. The fraction of sp³-hybridized carbons (Fsp3) is 0.368. The van der Waals surface area contributed by atoms with E-state index in [1.54, 1.807) is 24.3 Å². The number of pyridine rings is 1. The number of aromatic nitrogens is 4. The third-order valence-electron chi connectivity index (χ3n) is 5.01. The summed E-state index contributed by atoms with van der Waals surface area (Å²) in [6, 6.07) is 3.68. The number of fused-ring (bicyclic) bond motifs is 1. The van der Waals surface area contributed by atoms with E-state index in [0.29, 0.717) is 18.9 Å². The summed E-state index contributed by atoms with van der Waals surface area (Å²) in [6.07, 6.45) is 6.57. The van der Waals surface area contributed by atoms with E-state index in [1.165, 1.54) is 6.20 Å². The number of rotatable bonds is 4. The number of anilines is 1. The topological polar surface area (TPSA) is 98.8 Å². The molecule has 0 saturated carbocycles. The molecule has 1 aliphatic heterocycles. The van der Waals surface area contributed by atoms with Gasteiger partial charge in [0.2, 0.25) is 0 Å². The van der Waals surface area contributed by atoms with Crippen molar-refractivity contribution in [3.63, 3.8) is 0 Å². The number of urea groups is 1. The molecule has 28 heavy (non-hydrogen) atoms. The SMILES string of the molecule is CNC(=O)N1CCCC(CNc2nc(-c3c[nH]c4ncccc34)ncc2F)C1. The third kappa shape index (κ3) is 3.60. The molecule has 0 radical (unpaired) electrons. The molecule has 8 nitrogen and oxygen atoms in total. The Morgan fingerprint density at radius 2 is 2.32 bits per heavy atom. The van der Waals surface area contributed by atoms with E-state index in [4.69, 9.17) is 0 Å². The molecule has 1 fully saturated rings. The van der Waals surface area contributed by atoms with Gasteiger partial charge in [-0.1, -0.05) is 0 Å². The van der Waals surface area contributed by atoms with Crippen LogP contribution in [0.4, 0.5) is 15.0 Å². The van der Waals surface area contributed by atoms with Crippen LogP contribution in [0.2, 0.25) is 0 Å². The van der Waals surface area contributed by atoms with Crippen molar-refractivity contribution in [3.8, 4) is 11.4 Å². The second kappa shape index (κ2) is 7.79. The molecule has 4 rings (SSSR count). The highest BCUT2D eigenvalue weighted by atomic mass is 19.1. The first kappa shape index (κ1) is 18.1. The minimum Gasteiger partial charge on any atom is -0.367 e. The van der Waals surface area contributed by atoms with Gasteiger partial charge < -0.3 is 20.5 Å². The third-order valence-corrected chi connectivity index (χ3v) is 5.01. The van der Waals surface area contributed by atoms with Gasteiger partial charge in [0, 0.05) is 50.0 Å². The molecule has 1 atom stereocenters. The number of likely N-dealkylation sites (tertiary alicyclic amines) is 1. The zero-order chi connectivity index (χ0) is 19.5. The van der Waals surface area contributed by atoms with Crippen molar-refractivity contribution in [1.82, 2.24) is 30.2 Å². The van der Waals surface area contributed by atoms with Crippen molar-refractivity contribution in [3.05, 3.63) is 36.5 Å². The molecule has 9 heteroatoms. The van der Waals surface area contributed by atoms with E-state index in [2.05, 4.69) is 30.6 Å². The molecule has 146 valence electrons. The van der Waals surface area contributed by atoms with Gasteiger partial charge in [0.1, 0.15) is 5.65 Å². The number of nitrogens with one attached hydrogen (secondary N) is 3. The monoisotopic (exact) mass is 383 g/mol. The molecular formula is C19H22FN7O. The number of aromatic amines is 1. The minimum atomic E-state index is -0.499. The Kier molecular flexibility index (Phi) is 5.05. The molecule has 3 aromatic rings. The van der Waals surface area contributed by atoms with E-state index in [-0.39, 0.29) is 17.8 Å². The van der Waals surface area contributed by atoms with Gasteiger partial charge in [-0.2, -0.15) is 0 Å². The molecule has 1 saturated heterocycles. The van der Waals surface area contributed by atoms with Crippen LogP contribution in [0.5, 0.6) is 0 Å².